The van der Waals surface area contributed by atoms with E-state index < -0.39 is 9.67 Å². The summed E-state index contributed by atoms with van der Waals surface area (Å²) in [7, 11) is 0. The zero-order valence-electron chi connectivity index (χ0n) is 6.88. The van der Waals surface area contributed by atoms with Crippen LogP contribution < -0.4 is 0 Å². The van der Waals surface area contributed by atoms with Crippen molar-refractivity contribution >= 4 is 81.2 Å². The normalized spacial score (nSPS) is 11.5. The van der Waals surface area contributed by atoms with Crippen LogP contribution in [-0.4, -0.2) is 0 Å². The lowest BCUT2D eigenvalue weighted by atomic mass is 10.1. The molecule has 0 aliphatic carbocycles. The van der Waals surface area contributed by atoms with Gasteiger partial charge in [0.05, 0.1) is 10.0 Å². The van der Waals surface area contributed by atoms with Crippen LogP contribution in [0.5, 0.6) is 0 Å². The summed E-state index contributed by atoms with van der Waals surface area (Å²) in [6, 6.07) is 1.44. The summed E-state index contributed by atoms with van der Waals surface area (Å²) in [6.07, 6.45) is 0. The van der Waals surface area contributed by atoms with Gasteiger partial charge in [-0.3, -0.25) is 0 Å². The fourth-order valence-electron chi connectivity index (χ4n) is 1.06. The lowest BCUT2D eigenvalue weighted by molar-refractivity contribution is 1.22. The van der Waals surface area contributed by atoms with Gasteiger partial charge in [-0.05, 0) is 6.07 Å². The zero-order valence-corrected chi connectivity index (χ0v) is 12.2. The molecule has 84 valence electrons. The van der Waals surface area contributed by atoms with E-state index >= 15 is 0 Å². The molecular formula is C8H3Cl7. The molecule has 0 nitrogen and oxygen atoms in total. The van der Waals surface area contributed by atoms with E-state index in [4.69, 9.17) is 81.2 Å². The summed E-state index contributed by atoms with van der Waals surface area (Å²) in [4.78, 5) is -1.77. The third kappa shape index (κ3) is 3.13. The lowest BCUT2D eigenvalue weighted by Crippen LogP contribution is -1.96. The van der Waals surface area contributed by atoms with Crippen LogP contribution >= 0.6 is 81.2 Å². The summed E-state index contributed by atoms with van der Waals surface area (Å²) >= 11 is 40.7. The van der Waals surface area contributed by atoms with Crippen molar-refractivity contribution in [2.45, 2.75) is 9.67 Å². The van der Waals surface area contributed by atoms with Gasteiger partial charge in [0.2, 0.25) is 0 Å². The van der Waals surface area contributed by atoms with Crippen LogP contribution in [-0.2, 0) is 0 Å². The maximum Gasteiger partial charge on any atom is 0.134 e. The van der Waals surface area contributed by atoms with Crippen molar-refractivity contribution in [1.29, 1.82) is 0 Å². The van der Waals surface area contributed by atoms with Crippen LogP contribution in [0.1, 0.15) is 20.8 Å². The van der Waals surface area contributed by atoms with E-state index in [0.29, 0.717) is 11.1 Å². The van der Waals surface area contributed by atoms with Crippen molar-refractivity contribution in [1.82, 2.24) is 0 Å². The van der Waals surface area contributed by atoms with Gasteiger partial charge in [-0.2, -0.15) is 0 Å². The molecule has 0 fully saturated rings. The van der Waals surface area contributed by atoms with Gasteiger partial charge in [0.25, 0.3) is 0 Å². The molecule has 0 aliphatic heterocycles. The molecule has 0 aromatic heterocycles. The number of rotatable bonds is 2. The fraction of sp³-hybridized carbons (Fsp3) is 0.250. The summed E-state index contributed by atoms with van der Waals surface area (Å²) in [6.45, 7) is 0. The minimum atomic E-state index is -0.899. The van der Waals surface area contributed by atoms with Gasteiger partial charge >= 0.3 is 0 Å². The van der Waals surface area contributed by atoms with Gasteiger partial charge < -0.3 is 0 Å². The number of hydrogen-bond acceptors (Lipinski definition) is 0. The van der Waals surface area contributed by atoms with Gasteiger partial charge in [0, 0.05) is 16.1 Å². The first-order valence-corrected chi connectivity index (χ1v) is 6.47. The molecule has 0 saturated heterocycles. The van der Waals surface area contributed by atoms with Gasteiger partial charge in [0.15, 0.2) is 0 Å². The lowest BCUT2D eigenvalue weighted by Gasteiger charge is -2.15. The van der Waals surface area contributed by atoms with Crippen molar-refractivity contribution < 1.29 is 0 Å². The smallest absolute Gasteiger partial charge is 0.1000 e. The van der Waals surface area contributed by atoms with E-state index in [1.54, 1.807) is 0 Å². The Morgan fingerprint density at radius 1 is 0.733 bits per heavy atom. The highest BCUT2D eigenvalue weighted by Crippen LogP contribution is 2.46. The van der Waals surface area contributed by atoms with Crippen LogP contribution in [0, 0.1) is 0 Å². The maximum absolute atomic E-state index is 5.93. The zero-order chi connectivity index (χ0) is 11.7. The predicted octanol–water partition coefficient (Wildman–Crippen LogP) is 6.60. The Morgan fingerprint density at radius 2 is 1.20 bits per heavy atom. The summed E-state index contributed by atoms with van der Waals surface area (Å²) < 4.78 is 0. The molecule has 0 atom stereocenters. The van der Waals surface area contributed by atoms with Gasteiger partial charge in [-0.25, -0.2) is 0 Å². The average molecular weight is 347 g/mol. The molecule has 0 radical (unpaired) electrons. The van der Waals surface area contributed by atoms with E-state index in [2.05, 4.69) is 0 Å². The summed E-state index contributed by atoms with van der Waals surface area (Å²) in [5.41, 5.74) is 0.719. The summed E-state index contributed by atoms with van der Waals surface area (Å²) in [5, 5.41) is 0.735. The van der Waals surface area contributed by atoms with Crippen LogP contribution in [0.2, 0.25) is 15.1 Å². The van der Waals surface area contributed by atoms with Gasteiger partial charge in [-0.15, -0.1) is 0 Å². The summed E-state index contributed by atoms with van der Waals surface area (Å²) in [5.74, 6) is 0. The SMILES string of the molecule is Clc1cc(Cl)c(C(Cl)Cl)c(C(Cl)Cl)c1Cl. The first-order valence-electron chi connectivity index (χ1n) is 3.59. The minimum Gasteiger partial charge on any atom is -0.1000 e. The molecule has 0 N–H and O–H groups in total. The van der Waals surface area contributed by atoms with Crippen molar-refractivity contribution in [3.63, 3.8) is 0 Å². The molecule has 0 amide bonds. The van der Waals surface area contributed by atoms with Gasteiger partial charge in [-0.1, -0.05) is 81.2 Å². The highest BCUT2D eigenvalue weighted by Gasteiger charge is 2.23. The molecular weight excluding hydrogens is 344 g/mol. The minimum absolute atomic E-state index is 0.206. The highest BCUT2D eigenvalue weighted by atomic mass is 35.5. The van der Waals surface area contributed by atoms with Crippen molar-refractivity contribution in [2.24, 2.45) is 0 Å². The molecule has 15 heavy (non-hydrogen) atoms. The molecule has 0 spiro atoms. The Morgan fingerprint density at radius 3 is 1.60 bits per heavy atom. The number of halogens is 7. The monoisotopic (exact) mass is 344 g/mol. The van der Waals surface area contributed by atoms with E-state index in [9.17, 15) is 0 Å². The molecule has 1 aromatic carbocycles. The van der Waals surface area contributed by atoms with Crippen molar-refractivity contribution in [2.75, 3.05) is 0 Å². The van der Waals surface area contributed by atoms with Gasteiger partial charge in [0.1, 0.15) is 9.67 Å². The molecule has 0 aliphatic rings. The second-order valence-electron chi connectivity index (χ2n) is 2.58. The van der Waals surface area contributed by atoms with Crippen molar-refractivity contribution in [3.05, 3.63) is 32.3 Å². The van der Waals surface area contributed by atoms with Crippen molar-refractivity contribution in [3.8, 4) is 0 Å². The predicted molar refractivity (Wildman–Crippen MR) is 70.4 cm³/mol. The Kier molecular flexibility index (Phi) is 5.47. The van der Waals surface area contributed by atoms with E-state index in [-0.39, 0.29) is 15.1 Å². The van der Waals surface area contributed by atoms with Crippen LogP contribution in [0.25, 0.3) is 0 Å². The first-order chi connectivity index (χ1) is 6.86. The van der Waals surface area contributed by atoms with E-state index in [0.717, 1.165) is 0 Å². The fourth-order valence-corrected chi connectivity index (χ4v) is 3.06. The largest absolute Gasteiger partial charge is 0.134 e. The van der Waals surface area contributed by atoms with Crippen LogP contribution in [0.15, 0.2) is 6.07 Å². The number of alkyl halides is 4. The number of benzene rings is 1. The average Bonchev–Trinajstić information content (AvgIpc) is 2.09. The Labute approximate surface area is 122 Å². The second kappa shape index (κ2) is 5.73. The maximum atomic E-state index is 5.93. The molecule has 0 heterocycles. The first kappa shape index (κ1) is 14.3. The molecule has 0 saturated carbocycles. The molecule has 0 bridgehead atoms. The Balaban J connectivity index is 3.54. The Hall–Kier alpha value is 1.25. The highest BCUT2D eigenvalue weighted by molar-refractivity contribution is 6.50. The molecule has 1 rings (SSSR count). The van der Waals surface area contributed by atoms with E-state index in [1.807, 2.05) is 0 Å². The molecule has 1 aromatic rings. The molecule has 7 heteroatoms. The number of hydrogen-bond donors (Lipinski definition) is 0. The van der Waals surface area contributed by atoms with Crippen LogP contribution in [0.3, 0.4) is 0 Å². The quantitative estimate of drug-likeness (QED) is 0.418. The van der Waals surface area contributed by atoms with Crippen LogP contribution in [0.4, 0.5) is 0 Å². The van der Waals surface area contributed by atoms with E-state index in [1.165, 1.54) is 6.07 Å². The molecule has 0 unspecified atom stereocenters. The third-order valence-corrected chi connectivity index (χ3v) is 3.67. The third-order valence-electron chi connectivity index (χ3n) is 1.68. The topological polar surface area (TPSA) is 0 Å². The Bertz CT molecular complexity index is 372. The second-order valence-corrected chi connectivity index (χ2v) is 5.97. The standard InChI is InChI=1S/C8H3Cl7/c9-2-1-3(10)6(11)5(8(14)15)4(2)7(12)13/h1,7-8H.